The highest BCUT2D eigenvalue weighted by atomic mass is 16.5. The number of hydrogen-bond donors (Lipinski definition) is 2. The SMILES string of the molecule is Nc1cccc(Oc2ccc3nc(CCC(=O)NC=O)cn3n2)c1. The molecule has 0 radical (unpaired) electrons. The highest BCUT2D eigenvalue weighted by molar-refractivity contribution is 5.85. The summed E-state index contributed by atoms with van der Waals surface area (Å²) in [6.07, 6.45) is 2.67. The van der Waals surface area contributed by atoms with Crippen molar-refractivity contribution in [3.8, 4) is 11.6 Å². The Morgan fingerprint density at radius 3 is 3.00 bits per heavy atom. The van der Waals surface area contributed by atoms with E-state index in [-0.39, 0.29) is 12.3 Å². The first kappa shape index (κ1) is 15.5. The van der Waals surface area contributed by atoms with Gasteiger partial charge in [-0.05, 0) is 18.2 Å². The molecule has 0 saturated carbocycles. The number of nitrogens with zero attached hydrogens (tertiary/aromatic N) is 3. The normalized spacial score (nSPS) is 10.5. The van der Waals surface area contributed by atoms with Crippen LogP contribution in [0.25, 0.3) is 5.65 Å². The van der Waals surface area contributed by atoms with Gasteiger partial charge in [0.2, 0.25) is 18.2 Å². The van der Waals surface area contributed by atoms with E-state index in [1.54, 1.807) is 47.1 Å². The maximum atomic E-state index is 11.3. The molecule has 3 rings (SSSR count). The van der Waals surface area contributed by atoms with Crippen molar-refractivity contribution < 1.29 is 14.3 Å². The topological polar surface area (TPSA) is 112 Å². The molecule has 0 aliphatic rings. The maximum absolute atomic E-state index is 11.3. The molecule has 0 unspecified atom stereocenters. The lowest BCUT2D eigenvalue weighted by Gasteiger charge is -2.05. The Bertz CT molecular complexity index is 890. The molecule has 122 valence electrons. The number of rotatable bonds is 6. The van der Waals surface area contributed by atoms with E-state index < -0.39 is 0 Å². The number of ether oxygens (including phenoxy) is 1. The maximum Gasteiger partial charge on any atom is 0.237 e. The number of carbonyl (C=O) groups excluding carboxylic acids is 2. The molecule has 0 bridgehead atoms. The second-order valence-corrected chi connectivity index (χ2v) is 5.07. The Kier molecular flexibility index (Phi) is 4.37. The first-order chi connectivity index (χ1) is 11.6. The number of amides is 2. The molecule has 2 heterocycles. The predicted molar refractivity (Wildman–Crippen MR) is 86.4 cm³/mol. The zero-order valence-corrected chi connectivity index (χ0v) is 12.7. The van der Waals surface area contributed by atoms with Gasteiger partial charge in [-0.2, -0.15) is 0 Å². The summed E-state index contributed by atoms with van der Waals surface area (Å²) in [6, 6.07) is 10.5. The van der Waals surface area contributed by atoms with Gasteiger partial charge < -0.3 is 10.5 Å². The van der Waals surface area contributed by atoms with Crippen LogP contribution in [0.4, 0.5) is 5.69 Å². The number of carbonyl (C=O) groups is 2. The molecule has 2 amide bonds. The summed E-state index contributed by atoms with van der Waals surface area (Å²) in [5.74, 6) is 0.643. The second kappa shape index (κ2) is 6.78. The Morgan fingerprint density at radius 1 is 1.33 bits per heavy atom. The van der Waals surface area contributed by atoms with E-state index in [1.807, 2.05) is 0 Å². The van der Waals surface area contributed by atoms with Crippen LogP contribution in [-0.2, 0) is 16.0 Å². The van der Waals surface area contributed by atoms with Crippen molar-refractivity contribution in [1.82, 2.24) is 19.9 Å². The van der Waals surface area contributed by atoms with E-state index in [1.165, 1.54) is 0 Å². The third-order valence-corrected chi connectivity index (χ3v) is 3.25. The molecule has 8 nitrogen and oxygen atoms in total. The molecule has 3 N–H and O–H groups in total. The third-order valence-electron chi connectivity index (χ3n) is 3.25. The van der Waals surface area contributed by atoms with Crippen LogP contribution < -0.4 is 15.8 Å². The number of imide groups is 1. The van der Waals surface area contributed by atoms with Gasteiger partial charge >= 0.3 is 0 Å². The van der Waals surface area contributed by atoms with E-state index in [0.717, 1.165) is 0 Å². The van der Waals surface area contributed by atoms with Gasteiger partial charge in [-0.3, -0.25) is 14.9 Å². The highest BCUT2D eigenvalue weighted by Gasteiger charge is 2.07. The van der Waals surface area contributed by atoms with Gasteiger partial charge in [-0.25, -0.2) is 9.50 Å². The van der Waals surface area contributed by atoms with Crippen molar-refractivity contribution >= 4 is 23.7 Å². The van der Waals surface area contributed by atoms with E-state index >= 15 is 0 Å². The van der Waals surface area contributed by atoms with Crippen molar-refractivity contribution in [2.75, 3.05) is 5.73 Å². The molecule has 1 aromatic carbocycles. The quantitative estimate of drug-likeness (QED) is 0.522. The zero-order valence-electron chi connectivity index (χ0n) is 12.7. The van der Waals surface area contributed by atoms with Crippen LogP contribution in [0.2, 0.25) is 0 Å². The van der Waals surface area contributed by atoms with Crippen molar-refractivity contribution in [2.24, 2.45) is 0 Å². The highest BCUT2D eigenvalue weighted by Crippen LogP contribution is 2.21. The number of benzene rings is 1. The lowest BCUT2D eigenvalue weighted by atomic mass is 10.2. The number of nitrogen functional groups attached to an aromatic ring is 1. The minimum atomic E-state index is -0.347. The fourth-order valence-electron chi connectivity index (χ4n) is 2.17. The largest absolute Gasteiger partial charge is 0.438 e. The smallest absolute Gasteiger partial charge is 0.237 e. The van der Waals surface area contributed by atoms with E-state index in [2.05, 4.69) is 15.4 Å². The number of aryl methyl sites for hydroxylation is 1. The van der Waals surface area contributed by atoms with Gasteiger partial charge in [0.15, 0.2) is 5.65 Å². The van der Waals surface area contributed by atoms with Crippen LogP contribution in [0.3, 0.4) is 0 Å². The molecule has 3 aromatic rings. The minimum absolute atomic E-state index is 0.176. The summed E-state index contributed by atoms with van der Waals surface area (Å²) in [4.78, 5) is 25.8. The molecule has 0 atom stereocenters. The number of hydrogen-bond acceptors (Lipinski definition) is 6. The van der Waals surface area contributed by atoms with Crippen LogP contribution in [0.1, 0.15) is 12.1 Å². The van der Waals surface area contributed by atoms with E-state index in [9.17, 15) is 9.59 Å². The number of imidazole rings is 1. The van der Waals surface area contributed by atoms with Gasteiger partial charge in [0.05, 0.1) is 11.9 Å². The number of nitrogens with one attached hydrogen (secondary N) is 1. The van der Waals surface area contributed by atoms with Gasteiger partial charge in [-0.1, -0.05) is 6.07 Å². The van der Waals surface area contributed by atoms with Crippen molar-refractivity contribution in [3.05, 3.63) is 48.3 Å². The van der Waals surface area contributed by atoms with Crippen molar-refractivity contribution in [3.63, 3.8) is 0 Å². The van der Waals surface area contributed by atoms with E-state index in [0.29, 0.717) is 41.5 Å². The van der Waals surface area contributed by atoms with E-state index in [4.69, 9.17) is 10.5 Å². The molecule has 8 heteroatoms. The molecule has 0 saturated heterocycles. The van der Waals surface area contributed by atoms with Crippen LogP contribution in [-0.4, -0.2) is 26.9 Å². The standard InChI is InChI=1S/C16H15N5O3/c17-11-2-1-3-13(8-11)24-16-7-5-14-19-12(9-21(14)20-16)4-6-15(23)18-10-22/h1-3,5,7-10H,4,6,17H2,(H,18,22,23). The molecule has 0 spiro atoms. The molecular weight excluding hydrogens is 310 g/mol. The summed E-state index contributed by atoms with van der Waals surface area (Å²) in [7, 11) is 0. The fraction of sp³-hybridized carbons (Fsp3) is 0.125. The monoisotopic (exact) mass is 325 g/mol. The van der Waals surface area contributed by atoms with Crippen LogP contribution in [0, 0.1) is 0 Å². The molecule has 2 aromatic heterocycles. The lowest BCUT2D eigenvalue weighted by molar-refractivity contribution is -0.125. The van der Waals surface area contributed by atoms with Crippen LogP contribution in [0.5, 0.6) is 11.6 Å². The summed E-state index contributed by atoms with van der Waals surface area (Å²) in [5.41, 5.74) is 7.66. The molecule has 0 fully saturated rings. The Labute approximate surface area is 137 Å². The average Bonchev–Trinajstić information content (AvgIpc) is 2.95. The van der Waals surface area contributed by atoms with Gasteiger partial charge in [0.25, 0.3) is 0 Å². The minimum Gasteiger partial charge on any atom is -0.438 e. The fourth-order valence-corrected chi connectivity index (χ4v) is 2.17. The van der Waals surface area contributed by atoms with Gasteiger partial charge in [0, 0.05) is 30.7 Å². The van der Waals surface area contributed by atoms with Gasteiger partial charge in [0.1, 0.15) is 5.75 Å². The Hall–Kier alpha value is -3.42. The Balaban J connectivity index is 1.74. The molecular formula is C16H15N5O3. The number of anilines is 1. The Morgan fingerprint density at radius 2 is 2.21 bits per heavy atom. The second-order valence-electron chi connectivity index (χ2n) is 5.07. The summed E-state index contributed by atoms with van der Waals surface area (Å²) in [5, 5.41) is 6.41. The van der Waals surface area contributed by atoms with Crippen molar-refractivity contribution in [2.45, 2.75) is 12.8 Å². The number of fused-ring (bicyclic) bond motifs is 1. The number of nitrogens with two attached hydrogens (primary N) is 1. The third kappa shape index (κ3) is 3.67. The predicted octanol–water partition coefficient (Wildman–Crippen LogP) is 1.31. The first-order valence-electron chi connectivity index (χ1n) is 7.26. The molecule has 24 heavy (non-hydrogen) atoms. The summed E-state index contributed by atoms with van der Waals surface area (Å²) >= 11 is 0. The molecule has 0 aliphatic carbocycles. The van der Waals surface area contributed by atoms with Gasteiger partial charge in [-0.15, -0.1) is 5.10 Å². The summed E-state index contributed by atoms with van der Waals surface area (Å²) < 4.78 is 7.24. The lowest BCUT2D eigenvalue weighted by Crippen LogP contribution is -2.21. The van der Waals surface area contributed by atoms with Crippen LogP contribution >= 0.6 is 0 Å². The zero-order chi connectivity index (χ0) is 16.9. The van der Waals surface area contributed by atoms with Crippen molar-refractivity contribution in [1.29, 1.82) is 0 Å². The van der Waals surface area contributed by atoms with Crippen LogP contribution in [0.15, 0.2) is 42.6 Å². The number of aromatic nitrogens is 3. The average molecular weight is 325 g/mol. The summed E-state index contributed by atoms with van der Waals surface area (Å²) in [6.45, 7) is 0. The molecule has 0 aliphatic heterocycles. The first-order valence-corrected chi connectivity index (χ1v) is 7.26.